The Labute approximate surface area is 83.6 Å². The van der Waals surface area contributed by atoms with Gasteiger partial charge < -0.3 is 5.32 Å². The molecule has 2 rings (SSSR count). The van der Waals surface area contributed by atoms with E-state index in [0.29, 0.717) is 0 Å². The second-order valence-corrected chi connectivity index (χ2v) is 3.48. The summed E-state index contributed by atoms with van der Waals surface area (Å²) in [5.41, 5.74) is 3.33. The van der Waals surface area contributed by atoms with Gasteiger partial charge in [0.25, 0.3) is 0 Å². The van der Waals surface area contributed by atoms with Gasteiger partial charge in [-0.1, -0.05) is 18.7 Å². The third-order valence-corrected chi connectivity index (χ3v) is 2.56. The lowest BCUT2D eigenvalue weighted by atomic mass is 9.97. The van der Waals surface area contributed by atoms with Gasteiger partial charge in [-0.25, -0.2) is 0 Å². The highest BCUT2D eigenvalue weighted by atomic mass is 16.1. The summed E-state index contributed by atoms with van der Waals surface area (Å²) in [6, 6.07) is 5.90. The van der Waals surface area contributed by atoms with Crippen LogP contribution in [0.15, 0.2) is 30.9 Å². The molecule has 2 nitrogen and oxygen atoms in total. The lowest BCUT2D eigenvalue weighted by Gasteiger charge is -2.17. The highest BCUT2D eigenvalue weighted by Crippen LogP contribution is 2.16. The fourth-order valence-corrected chi connectivity index (χ4v) is 1.75. The second-order valence-electron chi connectivity index (χ2n) is 3.48. The van der Waals surface area contributed by atoms with Crippen LogP contribution in [0.2, 0.25) is 0 Å². The number of benzene rings is 1. The molecule has 0 saturated heterocycles. The van der Waals surface area contributed by atoms with Crippen molar-refractivity contribution in [2.24, 2.45) is 0 Å². The first-order chi connectivity index (χ1) is 6.81. The molecular weight excluding hydrogens is 174 g/mol. The molecule has 1 aliphatic heterocycles. The van der Waals surface area contributed by atoms with E-state index in [9.17, 15) is 4.79 Å². The zero-order chi connectivity index (χ0) is 9.97. The van der Waals surface area contributed by atoms with Gasteiger partial charge in [-0.2, -0.15) is 0 Å². The van der Waals surface area contributed by atoms with Crippen molar-refractivity contribution in [3.63, 3.8) is 0 Å². The van der Waals surface area contributed by atoms with Crippen LogP contribution in [-0.2, 0) is 13.0 Å². The second kappa shape index (κ2) is 3.76. The predicted molar refractivity (Wildman–Crippen MR) is 56.4 cm³/mol. The highest BCUT2D eigenvalue weighted by Gasteiger charge is 2.10. The van der Waals surface area contributed by atoms with E-state index in [0.717, 1.165) is 25.1 Å². The van der Waals surface area contributed by atoms with Gasteiger partial charge in [-0.05, 0) is 36.2 Å². The smallest absolute Gasteiger partial charge is 0.185 e. The van der Waals surface area contributed by atoms with Crippen molar-refractivity contribution in [1.82, 2.24) is 5.32 Å². The van der Waals surface area contributed by atoms with E-state index in [1.54, 1.807) is 0 Å². The molecule has 14 heavy (non-hydrogen) atoms. The van der Waals surface area contributed by atoms with E-state index < -0.39 is 0 Å². The van der Waals surface area contributed by atoms with E-state index in [4.69, 9.17) is 0 Å². The molecule has 0 saturated carbocycles. The minimum Gasteiger partial charge on any atom is -0.312 e. The van der Waals surface area contributed by atoms with Crippen LogP contribution in [0.1, 0.15) is 21.5 Å². The van der Waals surface area contributed by atoms with E-state index in [2.05, 4.69) is 11.9 Å². The zero-order valence-corrected chi connectivity index (χ0v) is 8.05. The Morgan fingerprint density at radius 3 is 3.07 bits per heavy atom. The van der Waals surface area contributed by atoms with Crippen LogP contribution in [0.5, 0.6) is 0 Å². The number of rotatable bonds is 2. The molecule has 1 aliphatic rings. The van der Waals surface area contributed by atoms with Gasteiger partial charge in [0, 0.05) is 12.1 Å². The fraction of sp³-hybridized carbons (Fsp3) is 0.250. The molecule has 0 spiro atoms. The number of fused-ring (bicyclic) bond motifs is 1. The van der Waals surface area contributed by atoms with Gasteiger partial charge in [0.2, 0.25) is 0 Å². The largest absolute Gasteiger partial charge is 0.312 e. The van der Waals surface area contributed by atoms with E-state index in [1.165, 1.54) is 17.2 Å². The molecule has 0 aromatic heterocycles. The quantitative estimate of drug-likeness (QED) is 0.564. The summed E-state index contributed by atoms with van der Waals surface area (Å²) < 4.78 is 0. The van der Waals surface area contributed by atoms with Crippen LogP contribution in [0.3, 0.4) is 0 Å². The Balaban J connectivity index is 2.38. The molecule has 0 aliphatic carbocycles. The van der Waals surface area contributed by atoms with Crippen molar-refractivity contribution in [3.05, 3.63) is 47.5 Å². The molecule has 1 aromatic carbocycles. The molecule has 0 radical (unpaired) electrons. The van der Waals surface area contributed by atoms with Crippen LogP contribution in [0, 0.1) is 0 Å². The monoisotopic (exact) mass is 187 g/mol. The van der Waals surface area contributed by atoms with Gasteiger partial charge in [-0.3, -0.25) is 4.79 Å². The molecule has 0 amide bonds. The first-order valence-electron chi connectivity index (χ1n) is 4.80. The van der Waals surface area contributed by atoms with Crippen molar-refractivity contribution in [2.45, 2.75) is 13.0 Å². The number of carbonyl (C=O) groups excluding carboxylic acids is 1. The van der Waals surface area contributed by atoms with Gasteiger partial charge in [-0.15, -0.1) is 0 Å². The van der Waals surface area contributed by atoms with E-state index in [-0.39, 0.29) is 5.78 Å². The van der Waals surface area contributed by atoms with Gasteiger partial charge in [0.05, 0.1) is 0 Å². The summed E-state index contributed by atoms with van der Waals surface area (Å²) >= 11 is 0. The molecule has 0 atom stereocenters. The lowest BCUT2D eigenvalue weighted by molar-refractivity contribution is 0.104. The SMILES string of the molecule is C=CC(=O)c1ccc2c(c1)CNCC2. The average molecular weight is 187 g/mol. The predicted octanol–water partition coefficient (Wildman–Crippen LogP) is 1.70. The maximum absolute atomic E-state index is 11.4. The molecule has 0 fully saturated rings. The first-order valence-corrected chi connectivity index (χ1v) is 4.80. The summed E-state index contributed by atoms with van der Waals surface area (Å²) in [7, 11) is 0. The summed E-state index contributed by atoms with van der Waals surface area (Å²) in [5.74, 6) is -0.00151. The van der Waals surface area contributed by atoms with Crippen molar-refractivity contribution in [1.29, 1.82) is 0 Å². The maximum atomic E-state index is 11.4. The molecule has 72 valence electrons. The summed E-state index contributed by atoms with van der Waals surface area (Å²) in [5, 5.41) is 3.29. The van der Waals surface area contributed by atoms with Crippen LogP contribution < -0.4 is 5.32 Å². The third-order valence-electron chi connectivity index (χ3n) is 2.56. The number of hydrogen-bond donors (Lipinski definition) is 1. The van der Waals surface area contributed by atoms with Gasteiger partial charge >= 0.3 is 0 Å². The molecule has 1 heterocycles. The molecule has 0 unspecified atom stereocenters. The van der Waals surface area contributed by atoms with E-state index >= 15 is 0 Å². The minimum atomic E-state index is -0.00151. The molecular formula is C12H13NO. The molecule has 1 aromatic rings. The third kappa shape index (κ3) is 1.61. The zero-order valence-electron chi connectivity index (χ0n) is 8.05. The molecule has 2 heteroatoms. The Morgan fingerprint density at radius 2 is 2.29 bits per heavy atom. The number of allylic oxidation sites excluding steroid dienone is 1. The average Bonchev–Trinajstić information content (AvgIpc) is 2.27. The fourth-order valence-electron chi connectivity index (χ4n) is 1.75. The highest BCUT2D eigenvalue weighted by molar-refractivity contribution is 6.04. The topological polar surface area (TPSA) is 29.1 Å². The summed E-state index contributed by atoms with van der Waals surface area (Å²) in [6.45, 7) is 5.38. The summed E-state index contributed by atoms with van der Waals surface area (Å²) in [6.07, 6.45) is 2.41. The normalized spacial score (nSPS) is 14.6. The van der Waals surface area contributed by atoms with E-state index in [1.807, 2.05) is 18.2 Å². The van der Waals surface area contributed by atoms with Crippen LogP contribution in [0.25, 0.3) is 0 Å². The van der Waals surface area contributed by atoms with Crippen molar-refractivity contribution in [3.8, 4) is 0 Å². The molecule has 1 N–H and O–H groups in total. The van der Waals surface area contributed by atoms with Crippen molar-refractivity contribution >= 4 is 5.78 Å². The minimum absolute atomic E-state index is 0.00151. The Bertz CT molecular complexity index is 382. The Kier molecular flexibility index (Phi) is 2.46. The van der Waals surface area contributed by atoms with Gasteiger partial charge in [0.1, 0.15) is 0 Å². The first kappa shape index (κ1) is 9.16. The molecule has 0 bridgehead atoms. The standard InChI is InChI=1S/C12H13NO/c1-2-12(14)10-4-3-9-5-6-13-8-11(9)7-10/h2-4,7,13H,1,5-6,8H2. The Hall–Kier alpha value is -1.41. The van der Waals surface area contributed by atoms with Crippen LogP contribution >= 0.6 is 0 Å². The van der Waals surface area contributed by atoms with Crippen LogP contribution in [-0.4, -0.2) is 12.3 Å². The summed E-state index contributed by atoms with van der Waals surface area (Å²) in [4.78, 5) is 11.4. The Morgan fingerprint density at radius 1 is 1.43 bits per heavy atom. The van der Waals surface area contributed by atoms with Gasteiger partial charge in [0.15, 0.2) is 5.78 Å². The van der Waals surface area contributed by atoms with Crippen LogP contribution in [0.4, 0.5) is 0 Å². The maximum Gasteiger partial charge on any atom is 0.185 e. The van der Waals surface area contributed by atoms with Crippen molar-refractivity contribution < 1.29 is 4.79 Å². The number of ketones is 1. The number of nitrogens with one attached hydrogen (secondary N) is 1. The number of hydrogen-bond acceptors (Lipinski definition) is 2. The van der Waals surface area contributed by atoms with Crippen molar-refractivity contribution in [2.75, 3.05) is 6.54 Å². The number of carbonyl (C=O) groups is 1. The lowest BCUT2D eigenvalue weighted by Crippen LogP contribution is -2.23.